The maximum atomic E-state index is 11.7. The first-order valence-corrected chi connectivity index (χ1v) is 6.13. The number of amides is 2. The van der Waals surface area contributed by atoms with E-state index in [1.165, 1.54) is 13.8 Å². The predicted molar refractivity (Wildman–Crippen MR) is 71.1 cm³/mol. The molecule has 2 amide bonds. The smallest absolute Gasteiger partial charge is 0.415 e. The second kappa shape index (κ2) is 6.70. The number of hydrogen-bond donors (Lipinski definition) is 1. The molecule has 108 valence electrons. The van der Waals surface area contributed by atoms with Crippen molar-refractivity contribution in [2.24, 2.45) is 0 Å². The highest BCUT2D eigenvalue weighted by atomic mass is 16.6. The summed E-state index contributed by atoms with van der Waals surface area (Å²) in [5.74, 6) is -1.28. The van der Waals surface area contributed by atoms with Crippen LogP contribution in [0, 0.1) is 0 Å². The summed E-state index contributed by atoms with van der Waals surface area (Å²) >= 11 is 0. The molecule has 0 unspecified atom stereocenters. The van der Waals surface area contributed by atoms with Crippen LogP contribution in [0.2, 0.25) is 0 Å². The summed E-state index contributed by atoms with van der Waals surface area (Å²) in [6.07, 6.45) is -1.00. The highest BCUT2D eigenvalue weighted by Gasteiger charge is 2.34. The third-order valence-electron chi connectivity index (χ3n) is 2.37. The number of hydrogen-bond acceptors (Lipinski definition) is 5. The number of esters is 1. The minimum Gasteiger partial charge on any atom is -0.463 e. The van der Waals surface area contributed by atoms with E-state index >= 15 is 0 Å². The number of carbonyl (C=O) groups excluding carboxylic acids is 3. The molecule has 0 saturated heterocycles. The van der Waals surface area contributed by atoms with Gasteiger partial charge in [-0.05, 0) is 32.9 Å². The first-order valence-electron chi connectivity index (χ1n) is 6.13. The summed E-state index contributed by atoms with van der Waals surface area (Å²) in [6.45, 7) is 4.60. The molecule has 0 aliphatic rings. The van der Waals surface area contributed by atoms with Gasteiger partial charge in [0, 0.05) is 5.56 Å². The summed E-state index contributed by atoms with van der Waals surface area (Å²) in [5, 5.41) is 2.04. The molecule has 0 saturated carbocycles. The third-order valence-corrected chi connectivity index (χ3v) is 2.37. The predicted octanol–water partition coefficient (Wildman–Crippen LogP) is 1.89. The molecule has 0 aromatic heterocycles. The molecule has 0 bridgehead atoms. The highest BCUT2D eigenvalue weighted by molar-refractivity contribution is 6.03. The molecule has 0 aliphatic heterocycles. The Bertz CT molecular complexity index is 496. The van der Waals surface area contributed by atoms with E-state index in [1.807, 2.05) is 5.32 Å². The van der Waals surface area contributed by atoms with Gasteiger partial charge in [0.15, 0.2) is 0 Å². The SMILES string of the molecule is CCOC(=O)C(C)(C)OC(=O)NC(=O)c1ccccc1. The Kier molecular flexibility index (Phi) is 5.25. The lowest BCUT2D eigenvalue weighted by molar-refractivity contribution is -0.161. The van der Waals surface area contributed by atoms with Crippen LogP contribution in [0.25, 0.3) is 0 Å². The molecule has 0 heterocycles. The van der Waals surface area contributed by atoms with Gasteiger partial charge in [-0.3, -0.25) is 10.1 Å². The zero-order valence-electron chi connectivity index (χ0n) is 11.6. The second-order valence-electron chi connectivity index (χ2n) is 4.44. The van der Waals surface area contributed by atoms with Crippen LogP contribution >= 0.6 is 0 Å². The number of rotatable bonds is 4. The van der Waals surface area contributed by atoms with Crippen LogP contribution in [-0.4, -0.2) is 30.2 Å². The number of benzene rings is 1. The molecule has 1 rings (SSSR count). The molecule has 0 fully saturated rings. The topological polar surface area (TPSA) is 81.7 Å². The van der Waals surface area contributed by atoms with Gasteiger partial charge in [-0.1, -0.05) is 18.2 Å². The first-order chi connectivity index (χ1) is 9.36. The van der Waals surface area contributed by atoms with E-state index < -0.39 is 23.6 Å². The highest BCUT2D eigenvalue weighted by Crippen LogP contribution is 2.12. The molecule has 20 heavy (non-hydrogen) atoms. The normalized spacial score (nSPS) is 10.6. The van der Waals surface area contributed by atoms with Crippen LogP contribution in [0.1, 0.15) is 31.1 Å². The van der Waals surface area contributed by atoms with Crippen LogP contribution in [0.5, 0.6) is 0 Å². The van der Waals surface area contributed by atoms with Crippen molar-refractivity contribution in [3.63, 3.8) is 0 Å². The second-order valence-corrected chi connectivity index (χ2v) is 4.44. The van der Waals surface area contributed by atoms with E-state index in [0.29, 0.717) is 5.56 Å². The summed E-state index contributed by atoms with van der Waals surface area (Å²) < 4.78 is 9.67. The van der Waals surface area contributed by atoms with Crippen molar-refractivity contribution in [1.29, 1.82) is 0 Å². The zero-order valence-corrected chi connectivity index (χ0v) is 11.6. The quantitative estimate of drug-likeness (QED) is 0.851. The Morgan fingerprint density at radius 3 is 2.30 bits per heavy atom. The van der Waals surface area contributed by atoms with Crippen molar-refractivity contribution < 1.29 is 23.9 Å². The molecule has 1 aromatic rings. The molecular formula is C14H17NO5. The van der Waals surface area contributed by atoms with Crippen molar-refractivity contribution in [2.75, 3.05) is 6.61 Å². The fourth-order valence-corrected chi connectivity index (χ4v) is 1.36. The molecular weight excluding hydrogens is 262 g/mol. The minimum atomic E-state index is -1.46. The number of nitrogens with one attached hydrogen (secondary N) is 1. The van der Waals surface area contributed by atoms with Gasteiger partial charge in [-0.25, -0.2) is 9.59 Å². The van der Waals surface area contributed by atoms with Crippen molar-refractivity contribution in [3.05, 3.63) is 35.9 Å². The lowest BCUT2D eigenvalue weighted by Crippen LogP contribution is -2.43. The Morgan fingerprint density at radius 1 is 1.15 bits per heavy atom. The van der Waals surface area contributed by atoms with Crippen LogP contribution in [0.3, 0.4) is 0 Å². The molecule has 6 nitrogen and oxygen atoms in total. The van der Waals surface area contributed by atoms with Crippen LogP contribution in [-0.2, 0) is 14.3 Å². The van der Waals surface area contributed by atoms with Crippen LogP contribution in [0.4, 0.5) is 4.79 Å². The van der Waals surface area contributed by atoms with E-state index in [2.05, 4.69) is 0 Å². The molecule has 0 atom stereocenters. The van der Waals surface area contributed by atoms with E-state index in [9.17, 15) is 14.4 Å². The maximum Gasteiger partial charge on any atom is 0.415 e. The van der Waals surface area contributed by atoms with Crippen molar-refractivity contribution in [3.8, 4) is 0 Å². The largest absolute Gasteiger partial charge is 0.463 e. The number of carbonyl (C=O) groups is 3. The molecule has 6 heteroatoms. The first kappa shape index (κ1) is 15.7. The molecule has 1 N–H and O–H groups in total. The summed E-state index contributed by atoms with van der Waals surface area (Å²) in [5.41, 5.74) is -1.14. The number of imide groups is 1. The lowest BCUT2D eigenvalue weighted by Gasteiger charge is -2.22. The molecule has 0 aliphatic carbocycles. The molecule has 0 radical (unpaired) electrons. The van der Waals surface area contributed by atoms with Crippen LogP contribution < -0.4 is 5.32 Å². The van der Waals surface area contributed by atoms with Gasteiger partial charge in [-0.15, -0.1) is 0 Å². The van der Waals surface area contributed by atoms with Gasteiger partial charge in [0.2, 0.25) is 5.60 Å². The lowest BCUT2D eigenvalue weighted by atomic mass is 10.1. The molecule has 1 aromatic carbocycles. The zero-order chi connectivity index (χ0) is 15.2. The average Bonchev–Trinajstić information content (AvgIpc) is 2.39. The van der Waals surface area contributed by atoms with E-state index in [4.69, 9.17) is 9.47 Å². The van der Waals surface area contributed by atoms with Crippen molar-refractivity contribution >= 4 is 18.0 Å². The summed E-state index contributed by atoms with van der Waals surface area (Å²) in [4.78, 5) is 34.8. The number of alkyl carbamates (subject to hydrolysis) is 1. The van der Waals surface area contributed by atoms with E-state index in [0.717, 1.165) is 0 Å². The van der Waals surface area contributed by atoms with Crippen molar-refractivity contribution in [2.45, 2.75) is 26.4 Å². The Balaban J connectivity index is 2.60. The summed E-state index contributed by atoms with van der Waals surface area (Å²) in [7, 11) is 0. The summed E-state index contributed by atoms with van der Waals surface area (Å²) in [6, 6.07) is 8.20. The van der Waals surface area contributed by atoms with Crippen molar-refractivity contribution in [1.82, 2.24) is 5.32 Å². The standard InChI is InChI=1S/C14H17NO5/c1-4-19-12(17)14(2,3)20-13(18)15-11(16)10-8-6-5-7-9-10/h5-9H,4H2,1-3H3,(H,15,16,18). The Labute approximate surface area is 117 Å². The molecule has 0 spiro atoms. The monoisotopic (exact) mass is 279 g/mol. The van der Waals surface area contributed by atoms with Gasteiger partial charge in [0.1, 0.15) is 0 Å². The van der Waals surface area contributed by atoms with Gasteiger partial charge >= 0.3 is 12.1 Å². The van der Waals surface area contributed by atoms with Gasteiger partial charge in [0.25, 0.3) is 5.91 Å². The van der Waals surface area contributed by atoms with Gasteiger partial charge in [0.05, 0.1) is 6.61 Å². The average molecular weight is 279 g/mol. The van der Waals surface area contributed by atoms with E-state index in [-0.39, 0.29) is 6.61 Å². The van der Waals surface area contributed by atoms with E-state index in [1.54, 1.807) is 37.3 Å². The number of ether oxygens (including phenoxy) is 2. The van der Waals surface area contributed by atoms with Gasteiger partial charge in [-0.2, -0.15) is 0 Å². The Hall–Kier alpha value is -2.37. The minimum absolute atomic E-state index is 0.177. The fraction of sp³-hybridized carbons (Fsp3) is 0.357. The Morgan fingerprint density at radius 2 is 1.75 bits per heavy atom. The van der Waals surface area contributed by atoms with Gasteiger partial charge < -0.3 is 9.47 Å². The van der Waals surface area contributed by atoms with Crippen LogP contribution in [0.15, 0.2) is 30.3 Å². The maximum absolute atomic E-state index is 11.7. The fourth-order valence-electron chi connectivity index (χ4n) is 1.36. The third kappa shape index (κ3) is 4.38.